The van der Waals surface area contributed by atoms with Gasteiger partial charge in [0.2, 0.25) is 11.7 Å². The van der Waals surface area contributed by atoms with Gasteiger partial charge in [0.25, 0.3) is 0 Å². The minimum atomic E-state index is -1.06. The Hall–Kier alpha value is -1.14. The van der Waals surface area contributed by atoms with Crippen LogP contribution < -0.4 is 0 Å². The Bertz CT molecular complexity index is 662. The zero-order chi connectivity index (χ0) is 13.6. The molecule has 1 aliphatic rings. The molecular weight excluding hydrogens is 378 g/mol. The van der Waals surface area contributed by atoms with E-state index in [-0.39, 0.29) is 11.7 Å². The second kappa shape index (κ2) is 4.76. The van der Waals surface area contributed by atoms with E-state index < -0.39 is 5.97 Å². The number of rotatable bonds is 3. The van der Waals surface area contributed by atoms with Crippen LogP contribution in [0.3, 0.4) is 0 Å². The Morgan fingerprint density at radius 2 is 2.11 bits per heavy atom. The number of carbonyl (C=O) groups is 1. The first-order valence-corrected chi connectivity index (χ1v) is 7.34. The van der Waals surface area contributed by atoms with Crippen LogP contribution in [0.2, 0.25) is 0 Å². The number of hydrogen-bond acceptors (Lipinski definition) is 3. The maximum absolute atomic E-state index is 11.2. The fourth-order valence-electron chi connectivity index (χ4n) is 1.90. The monoisotopic (exact) mass is 385 g/mol. The van der Waals surface area contributed by atoms with E-state index in [9.17, 15) is 4.79 Å². The number of aromatic carboxylic acids is 1. The van der Waals surface area contributed by atoms with Crippen molar-refractivity contribution in [2.24, 2.45) is 0 Å². The van der Waals surface area contributed by atoms with Crippen molar-refractivity contribution < 1.29 is 14.3 Å². The maximum Gasteiger partial charge on any atom is 0.373 e. The van der Waals surface area contributed by atoms with Gasteiger partial charge in [-0.1, -0.05) is 15.9 Å². The first kappa shape index (κ1) is 12.9. The number of oxazole rings is 1. The molecule has 0 radical (unpaired) electrons. The van der Waals surface area contributed by atoms with Gasteiger partial charge < -0.3 is 9.52 Å². The summed E-state index contributed by atoms with van der Waals surface area (Å²) in [4.78, 5) is 15.5. The second-order valence-corrected chi connectivity index (χ2v) is 6.21. The molecule has 0 bridgehead atoms. The largest absolute Gasteiger partial charge is 0.475 e. The Morgan fingerprint density at radius 3 is 2.68 bits per heavy atom. The molecule has 1 saturated carbocycles. The quantitative estimate of drug-likeness (QED) is 0.846. The summed E-state index contributed by atoms with van der Waals surface area (Å²) in [6.07, 6.45) is 1.96. The molecule has 1 fully saturated rings. The van der Waals surface area contributed by atoms with Crippen LogP contribution in [0.1, 0.15) is 35.0 Å². The highest BCUT2D eigenvalue weighted by atomic mass is 79.9. The van der Waals surface area contributed by atoms with Crippen molar-refractivity contribution in [3.63, 3.8) is 0 Å². The summed E-state index contributed by atoms with van der Waals surface area (Å²) in [5.41, 5.74) is 1.31. The van der Waals surface area contributed by atoms with Crippen molar-refractivity contribution in [3.8, 4) is 11.5 Å². The standard InChI is InChI=1S/C13H9Br2NO3/c14-7-3-4-8(9(15)5-7)12-16-10(6-1-2-6)11(19-12)13(17)18/h3-6H,1-2H2,(H,17,18). The molecule has 0 amide bonds. The molecule has 6 heteroatoms. The summed E-state index contributed by atoms with van der Waals surface area (Å²) in [6, 6.07) is 5.57. The lowest BCUT2D eigenvalue weighted by atomic mass is 10.2. The van der Waals surface area contributed by atoms with Crippen LogP contribution in [0.15, 0.2) is 31.6 Å². The van der Waals surface area contributed by atoms with Crippen molar-refractivity contribution >= 4 is 37.8 Å². The van der Waals surface area contributed by atoms with Gasteiger partial charge in [0.15, 0.2) is 0 Å². The first-order valence-electron chi connectivity index (χ1n) is 5.75. The van der Waals surface area contributed by atoms with Crippen LogP contribution >= 0.6 is 31.9 Å². The summed E-state index contributed by atoms with van der Waals surface area (Å²) in [7, 11) is 0. The third-order valence-corrected chi connectivity index (χ3v) is 4.12. The molecule has 0 spiro atoms. The predicted octanol–water partition coefficient (Wildman–Crippen LogP) is 4.44. The SMILES string of the molecule is O=C(O)c1oc(-c2ccc(Br)cc2Br)nc1C1CC1. The molecule has 1 aromatic carbocycles. The molecule has 4 nitrogen and oxygen atoms in total. The van der Waals surface area contributed by atoms with E-state index in [0.717, 1.165) is 27.4 Å². The van der Waals surface area contributed by atoms with Gasteiger partial charge in [-0.05, 0) is 47.0 Å². The average molecular weight is 387 g/mol. The third-order valence-electron chi connectivity index (χ3n) is 2.97. The van der Waals surface area contributed by atoms with Crippen molar-refractivity contribution in [1.82, 2.24) is 4.98 Å². The molecule has 0 saturated heterocycles. The van der Waals surface area contributed by atoms with E-state index >= 15 is 0 Å². The zero-order valence-corrected chi connectivity index (χ0v) is 12.9. The second-order valence-electron chi connectivity index (χ2n) is 4.44. The number of carboxylic acid groups (broad SMARTS) is 1. The lowest BCUT2D eigenvalue weighted by molar-refractivity contribution is 0.0661. The van der Waals surface area contributed by atoms with Crippen molar-refractivity contribution in [3.05, 3.63) is 38.6 Å². The van der Waals surface area contributed by atoms with Gasteiger partial charge in [-0.2, -0.15) is 0 Å². The van der Waals surface area contributed by atoms with Crippen molar-refractivity contribution in [2.75, 3.05) is 0 Å². The first-order chi connectivity index (χ1) is 9.06. The predicted molar refractivity (Wildman–Crippen MR) is 76.3 cm³/mol. The topological polar surface area (TPSA) is 63.3 Å². The van der Waals surface area contributed by atoms with Crippen LogP contribution in [0.5, 0.6) is 0 Å². The van der Waals surface area contributed by atoms with Crippen molar-refractivity contribution in [2.45, 2.75) is 18.8 Å². The van der Waals surface area contributed by atoms with Gasteiger partial charge in [0.1, 0.15) is 0 Å². The lowest BCUT2D eigenvalue weighted by Crippen LogP contribution is -1.98. The molecule has 98 valence electrons. The Morgan fingerprint density at radius 1 is 1.37 bits per heavy atom. The van der Waals surface area contributed by atoms with E-state index in [4.69, 9.17) is 9.52 Å². The number of hydrogen-bond donors (Lipinski definition) is 1. The van der Waals surface area contributed by atoms with Crippen LogP contribution in [0.25, 0.3) is 11.5 Å². The van der Waals surface area contributed by atoms with Gasteiger partial charge >= 0.3 is 5.97 Å². The number of benzene rings is 1. The molecule has 19 heavy (non-hydrogen) atoms. The molecule has 3 rings (SSSR count). The molecule has 1 N–H and O–H groups in total. The Labute approximate surface area is 126 Å². The Kier molecular flexibility index (Phi) is 3.22. The summed E-state index contributed by atoms with van der Waals surface area (Å²) in [5.74, 6) is -0.516. The number of halogens is 2. The molecule has 1 aliphatic carbocycles. The molecule has 0 atom stereocenters. The van der Waals surface area contributed by atoms with E-state index in [2.05, 4.69) is 36.8 Å². The highest BCUT2D eigenvalue weighted by molar-refractivity contribution is 9.11. The molecular formula is C13H9Br2NO3. The molecule has 1 aromatic heterocycles. The highest BCUT2D eigenvalue weighted by Gasteiger charge is 2.33. The number of aromatic nitrogens is 1. The van der Waals surface area contributed by atoms with Crippen LogP contribution in [0, 0.1) is 0 Å². The van der Waals surface area contributed by atoms with Crippen LogP contribution in [-0.4, -0.2) is 16.1 Å². The summed E-state index contributed by atoms with van der Waals surface area (Å²) >= 11 is 6.80. The van der Waals surface area contributed by atoms with E-state index in [1.165, 1.54) is 0 Å². The third kappa shape index (κ3) is 2.47. The average Bonchev–Trinajstić information content (AvgIpc) is 3.09. The summed E-state index contributed by atoms with van der Waals surface area (Å²) in [5, 5.41) is 9.16. The van der Waals surface area contributed by atoms with Gasteiger partial charge in [0, 0.05) is 14.9 Å². The van der Waals surface area contributed by atoms with Gasteiger partial charge in [-0.25, -0.2) is 9.78 Å². The normalized spacial score (nSPS) is 14.6. The summed E-state index contributed by atoms with van der Waals surface area (Å²) in [6.45, 7) is 0. The smallest absolute Gasteiger partial charge is 0.373 e. The van der Waals surface area contributed by atoms with Gasteiger partial charge in [-0.3, -0.25) is 0 Å². The maximum atomic E-state index is 11.2. The van der Waals surface area contributed by atoms with E-state index in [0.29, 0.717) is 11.6 Å². The minimum absolute atomic E-state index is 0.0349. The molecule has 0 unspecified atom stereocenters. The van der Waals surface area contributed by atoms with E-state index in [1.807, 2.05) is 18.2 Å². The number of carboxylic acids is 1. The van der Waals surface area contributed by atoms with Crippen molar-refractivity contribution in [1.29, 1.82) is 0 Å². The molecule has 1 heterocycles. The molecule has 2 aromatic rings. The minimum Gasteiger partial charge on any atom is -0.475 e. The fourth-order valence-corrected chi connectivity index (χ4v) is 3.11. The Balaban J connectivity index is 2.10. The van der Waals surface area contributed by atoms with Crippen LogP contribution in [0.4, 0.5) is 0 Å². The van der Waals surface area contributed by atoms with E-state index in [1.54, 1.807) is 0 Å². The summed E-state index contributed by atoms with van der Waals surface area (Å²) < 4.78 is 7.16. The van der Waals surface area contributed by atoms with Crippen LogP contribution in [-0.2, 0) is 0 Å². The van der Waals surface area contributed by atoms with Gasteiger partial charge in [-0.15, -0.1) is 0 Å². The zero-order valence-electron chi connectivity index (χ0n) is 9.69. The molecule has 0 aliphatic heterocycles. The lowest BCUT2D eigenvalue weighted by Gasteiger charge is -1.99. The highest BCUT2D eigenvalue weighted by Crippen LogP contribution is 2.43. The number of nitrogens with zero attached hydrogens (tertiary/aromatic N) is 1. The fraction of sp³-hybridized carbons (Fsp3) is 0.231. The van der Waals surface area contributed by atoms with Gasteiger partial charge in [0.05, 0.1) is 11.3 Å².